The number of hydrogen-bond donors (Lipinski definition) is 2. The van der Waals surface area contributed by atoms with Gasteiger partial charge in [0.05, 0.1) is 27.7 Å². The highest BCUT2D eigenvalue weighted by Gasteiger charge is 2.36. The first kappa shape index (κ1) is 15.3. The molecule has 0 aliphatic carbocycles. The number of hydrogen-bond acceptors (Lipinski definition) is 2. The molecule has 0 saturated carbocycles. The van der Waals surface area contributed by atoms with Crippen LogP contribution < -0.4 is 5.32 Å². The van der Waals surface area contributed by atoms with Gasteiger partial charge in [0.2, 0.25) is 0 Å². The Balaban J connectivity index is 1.90. The first-order valence-corrected chi connectivity index (χ1v) is 10.0. The Kier molecular flexibility index (Phi) is 2.57. The van der Waals surface area contributed by atoms with E-state index in [9.17, 15) is 9.59 Å². The fourth-order valence-corrected chi connectivity index (χ4v) is 5.58. The summed E-state index contributed by atoms with van der Waals surface area (Å²) in [5, 5.41) is 6.34. The summed E-state index contributed by atoms with van der Waals surface area (Å²) in [7, 11) is 0. The maximum Gasteiger partial charge on any atom is 0.259 e. The lowest BCUT2D eigenvalue weighted by Crippen LogP contribution is -2.20. The molecule has 7 rings (SSSR count). The summed E-state index contributed by atoms with van der Waals surface area (Å²) < 4.78 is 2.39. The van der Waals surface area contributed by atoms with Crippen LogP contribution in [0.1, 0.15) is 45.7 Å². The number of nitrogens with one attached hydrogen (secondary N) is 2. The fraction of sp³-hybridized carbons (Fsp3) is 0.167. The van der Waals surface area contributed by atoms with Crippen molar-refractivity contribution >= 4 is 55.4 Å². The topological polar surface area (TPSA) is 66.9 Å². The number of carbonyl (C=O) groups excluding carboxylic acids is 2. The van der Waals surface area contributed by atoms with Crippen molar-refractivity contribution in [2.45, 2.75) is 25.8 Å². The minimum atomic E-state index is -0.304. The lowest BCUT2D eigenvalue weighted by Gasteiger charge is -2.23. The van der Waals surface area contributed by atoms with Crippen molar-refractivity contribution in [3.8, 4) is 0 Å². The van der Waals surface area contributed by atoms with Crippen LogP contribution in [0.4, 0.5) is 0 Å². The van der Waals surface area contributed by atoms with Gasteiger partial charge in [0.1, 0.15) is 0 Å². The average Bonchev–Trinajstić information content (AvgIpc) is 3.35. The predicted molar refractivity (Wildman–Crippen MR) is 114 cm³/mol. The molecule has 5 heteroatoms. The quantitative estimate of drug-likeness (QED) is 0.379. The van der Waals surface area contributed by atoms with Crippen LogP contribution in [0.3, 0.4) is 0 Å². The van der Waals surface area contributed by atoms with Crippen LogP contribution in [0.15, 0.2) is 42.5 Å². The molecule has 3 aromatic carbocycles. The molecular weight excluding hydrogens is 362 g/mol. The van der Waals surface area contributed by atoms with E-state index in [4.69, 9.17) is 0 Å². The van der Waals surface area contributed by atoms with Crippen molar-refractivity contribution in [3.05, 3.63) is 59.2 Å². The smallest absolute Gasteiger partial charge is 0.259 e. The molecular formula is C24H17N3O2. The maximum atomic E-state index is 13.0. The number of para-hydroxylation sites is 2. The fourth-order valence-electron chi connectivity index (χ4n) is 5.58. The zero-order valence-electron chi connectivity index (χ0n) is 15.8. The van der Waals surface area contributed by atoms with E-state index in [2.05, 4.69) is 40.0 Å². The van der Waals surface area contributed by atoms with Crippen LogP contribution in [0.2, 0.25) is 0 Å². The second-order valence-electron chi connectivity index (χ2n) is 8.25. The summed E-state index contributed by atoms with van der Waals surface area (Å²) in [6, 6.07) is 14.6. The third kappa shape index (κ3) is 1.64. The van der Waals surface area contributed by atoms with Crippen molar-refractivity contribution in [2.75, 3.05) is 0 Å². The molecule has 0 fully saturated rings. The number of nitrogens with zero attached hydrogens (tertiary/aromatic N) is 1. The zero-order chi connectivity index (χ0) is 19.4. The Labute approximate surface area is 165 Å². The van der Waals surface area contributed by atoms with Crippen molar-refractivity contribution < 1.29 is 9.59 Å². The van der Waals surface area contributed by atoms with Gasteiger partial charge in [-0.3, -0.25) is 14.9 Å². The minimum Gasteiger partial charge on any atom is -0.353 e. The number of rotatable bonds is 0. The molecule has 4 heterocycles. The summed E-state index contributed by atoms with van der Waals surface area (Å²) in [5.41, 5.74) is 6.49. The molecule has 2 N–H and O–H groups in total. The summed E-state index contributed by atoms with van der Waals surface area (Å²) in [5.74, 6) is -0.597. The third-order valence-corrected chi connectivity index (χ3v) is 6.75. The number of aryl methyl sites for hydroxylation is 1. The van der Waals surface area contributed by atoms with E-state index in [1.165, 1.54) is 11.1 Å². The molecule has 0 radical (unpaired) electrons. The Hall–Kier alpha value is -3.60. The average molecular weight is 379 g/mol. The second kappa shape index (κ2) is 4.87. The van der Waals surface area contributed by atoms with Gasteiger partial charge in [-0.1, -0.05) is 36.4 Å². The number of imide groups is 1. The number of aromatic amines is 1. The van der Waals surface area contributed by atoms with Crippen molar-refractivity contribution in [2.24, 2.45) is 0 Å². The van der Waals surface area contributed by atoms with Gasteiger partial charge in [-0.2, -0.15) is 0 Å². The van der Waals surface area contributed by atoms with Gasteiger partial charge in [0.15, 0.2) is 0 Å². The summed E-state index contributed by atoms with van der Waals surface area (Å²) >= 11 is 0. The Bertz CT molecular complexity index is 1580. The van der Waals surface area contributed by atoms with Gasteiger partial charge in [-0.05, 0) is 31.4 Å². The molecule has 5 aromatic rings. The lowest BCUT2D eigenvalue weighted by atomic mass is 9.96. The molecule has 0 spiro atoms. The molecule has 0 saturated heterocycles. The predicted octanol–water partition coefficient (Wildman–Crippen LogP) is 4.82. The van der Waals surface area contributed by atoms with Gasteiger partial charge in [-0.15, -0.1) is 0 Å². The number of carbonyl (C=O) groups is 2. The number of amides is 2. The van der Waals surface area contributed by atoms with E-state index in [0.29, 0.717) is 17.2 Å². The lowest BCUT2D eigenvalue weighted by molar-refractivity contribution is 0.0880. The van der Waals surface area contributed by atoms with Crippen LogP contribution in [0.5, 0.6) is 0 Å². The van der Waals surface area contributed by atoms with Crippen LogP contribution in [-0.2, 0) is 6.42 Å². The van der Waals surface area contributed by atoms with Gasteiger partial charge in [-0.25, -0.2) is 0 Å². The van der Waals surface area contributed by atoms with Crippen molar-refractivity contribution in [1.82, 2.24) is 14.9 Å². The second-order valence-corrected chi connectivity index (χ2v) is 8.25. The van der Waals surface area contributed by atoms with Gasteiger partial charge in [0, 0.05) is 33.1 Å². The Morgan fingerprint density at radius 3 is 2.52 bits per heavy atom. The monoisotopic (exact) mass is 379 g/mol. The maximum absolute atomic E-state index is 13.0. The molecule has 0 bridgehead atoms. The first-order valence-electron chi connectivity index (χ1n) is 10.0. The molecule has 2 amide bonds. The number of aromatic nitrogens is 2. The van der Waals surface area contributed by atoms with E-state index in [-0.39, 0.29) is 11.8 Å². The molecule has 5 nitrogen and oxygen atoms in total. The van der Waals surface area contributed by atoms with E-state index < -0.39 is 0 Å². The molecule has 1 unspecified atom stereocenters. The first-order chi connectivity index (χ1) is 14.1. The number of H-pyrrole nitrogens is 1. The molecule has 2 aliphatic rings. The molecule has 2 aliphatic heterocycles. The molecule has 2 aromatic heterocycles. The Morgan fingerprint density at radius 1 is 0.897 bits per heavy atom. The van der Waals surface area contributed by atoms with Gasteiger partial charge in [0.25, 0.3) is 11.8 Å². The van der Waals surface area contributed by atoms with Crippen LogP contribution in [-0.4, -0.2) is 21.4 Å². The summed E-state index contributed by atoms with van der Waals surface area (Å²) in [6.07, 6.45) is 2.08. The highest BCUT2D eigenvalue weighted by molar-refractivity contribution is 6.39. The van der Waals surface area contributed by atoms with Gasteiger partial charge >= 0.3 is 0 Å². The highest BCUT2D eigenvalue weighted by atomic mass is 16.2. The minimum absolute atomic E-state index is 0.293. The van der Waals surface area contributed by atoms with Gasteiger partial charge < -0.3 is 9.55 Å². The number of fused-ring (bicyclic) bond motifs is 10. The van der Waals surface area contributed by atoms with E-state index >= 15 is 0 Å². The zero-order valence-corrected chi connectivity index (χ0v) is 15.8. The highest BCUT2D eigenvalue weighted by Crippen LogP contribution is 2.46. The third-order valence-electron chi connectivity index (χ3n) is 6.75. The van der Waals surface area contributed by atoms with Crippen LogP contribution >= 0.6 is 0 Å². The molecule has 1 atom stereocenters. The SMILES string of the molecule is CC1CCc2cccc3c4c5c(c6c7ccccc7[nH]c6c4n1c23)C(=O)NC5=O. The van der Waals surface area contributed by atoms with Crippen molar-refractivity contribution in [3.63, 3.8) is 0 Å². The normalized spacial score (nSPS) is 18.3. The largest absolute Gasteiger partial charge is 0.353 e. The molecule has 140 valence electrons. The molecule has 29 heavy (non-hydrogen) atoms. The van der Waals surface area contributed by atoms with E-state index in [1.807, 2.05) is 24.3 Å². The van der Waals surface area contributed by atoms with Crippen LogP contribution in [0, 0.1) is 0 Å². The summed E-state index contributed by atoms with van der Waals surface area (Å²) in [6.45, 7) is 2.24. The Morgan fingerprint density at radius 2 is 1.66 bits per heavy atom. The van der Waals surface area contributed by atoms with E-state index in [1.54, 1.807) is 0 Å². The standard InChI is InChI=1S/C24H17N3O2/c1-11-9-10-12-5-4-7-14-17-19-18(23(28)26-24(19)29)16-13-6-2-3-8-15(13)25-20(16)22(17)27(11)21(12)14/h2-8,11,25H,9-10H2,1H3,(H,26,28,29). The number of benzene rings is 3. The van der Waals surface area contributed by atoms with E-state index in [0.717, 1.165) is 50.9 Å². The van der Waals surface area contributed by atoms with Crippen LogP contribution in [0.25, 0.3) is 43.6 Å². The van der Waals surface area contributed by atoms with Crippen molar-refractivity contribution in [1.29, 1.82) is 0 Å². The summed E-state index contributed by atoms with van der Waals surface area (Å²) in [4.78, 5) is 29.4.